The minimum atomic E-state index is -0.660. The summed E-state index contributed by atoms with van der Waals surface area (Å²) >= 11 is 0. The van der Waals surface area contributed by atoms with Gasteiger partial charge >= 0.3 is 5.97 Å². The molecule has 2 aliphatic heterocycles. The van der Waals surface area contributed by atoms with Gasteiger partial charge in [-0.1, -0.05) is 13.8 Å². The van der Waals surface area contributed by atoms with E-state index in [0.29, 0.717) is 23.7 Å². The Balaban J connectivity index is 1.77. The molecule has 2 rings (SSSR count). The lowest BCUT2D eigenvalue weighted by Crippen LogP contribution is -2.59. The molecule has 19 heavy (non-hydrogen) atoms. The quantitative estimate of drug-likeness (QED) is 0.803. The number of carbonyl (C=O) groups is 1. The van der Waals surface area contributed by atoms with Crippen LogP contribution in [0.5, 0.6) is 0 Å². The molecule has 1 N–H and O–H groups in total. The Morgan fingerprint density at radius 1 is 1.32 bits per heavy atom. The van der Waals surface area contributed by atoms with E-state index in [9.17, 15) is 4.79 Å². The van der Waals surface area contributed by atoms with Crippen LogP contribution in [-0.4, -0.2) is 48.8 Å². The molecule has 0 amide bonds. The Labute approximate surface area is 116 Å². The second-order valence-corrected chi connectivity index (χ2v) is 6.88. The summed E-state index contributed by atoms with van der Waals surface area (Å²) in [6.45, 7) is 9.38. The average Bonchev–Trinajstić information content (AvgIpc) is 2.26. The van der Waals surface area contributed by atoms with Gasteiger partial charge in [0.15, 0.2) is 0 Å². The van der Waals surface area contributed by atoms with Crippen LogP contribution < -0.4 is 0 Å². The van der Waals surface area contributed by atoms with Crippen molar-refractivity contribution < 1.29 is 14.6 Å². The van der Waals surface area contributed by atoms with Gasteiger partial charge in [-0.05, 0) is 31.1 Å². The minimum Gasteiger partial charge on any atom is -0.481 e. The standard InChI is InChI=1S/C15H27NO3/c1-12(2)7-13(8-14(17)18)9-16-10-15(11-16)3-5-19-6-4-15/h12-13H,3-11H2,1-2H3,(H,17,18). The lowest BCUT2D eigenvalue weighted by molar-refractivity contribution is -0.139. The maximum Gasteiger partial charge on any atom is 0.303 e. The highest BCUT2D eigenvalue weighted by Crippen LogP contribution is 2.40. The molecule has 0 aromatic heterocycles. The molecule has 0 saturated carbocycles. The first-order valence-electron chi connectivity index (χ1n) is 7.51. The normalized spacial score (nSPS) is 24.4. The van der Waals surface area contributed by atoms with E-state index in [1.807, 2.05) is 0 Å². The fourth-order valence-electron chi connectivity index (χ4n) is 3.65. The fraction of sp³-hybridized carbons (Fsp3) is 0.933. The zero-order valence-electron chi connectivity index (χ0n) is 12.2. The second kappa shape index (κ2) is 6.23. The van der Waals surface area contributed by atoms with Crippen molar-refractivity contribution in [3.8, 4) is 0 Å². The zero-order valence-corrected chi connectivity index (χ0v) is 12.2. The van der Waals surface area contributed by atoms with E-state index < -0.39 is 5.97 Å². The van der Waals surface area contributed by atoms with Crippen molar-refractivity contribution in [3.63, 3.8) is 0 Å². The molecule has 1 atom stereocenters. The van der Waals surface area contributed by atoms with Gasteiger partial charge in [0.25, 0.3) is 0 Å². The molecular weight excluding hydrogens is 242 g/mol. The lowest BCUT2D eigenvalue weighted by atomic mass is 9.73. The van der Waals surface area contributed by atoms with Crippen LogP contribution in [0.1, 0.15) is 39.5 Å². The summed E-state index contributed by atoms with van der Waals surface area (Å²) in [4.78, 5) is 13.4. The van der Waals surface area contributed by atoms with Crippen molar-refractivity contribution in [3.05, 3.63) is 0 Å². The number of hydrogen-bond donors (Lipinski definition) is 1. The van der Waals surface area contributed by atoms with Crippen LogP contribution in [0.25, 0.3) is 0 Å². The molecule has 0 bridgehead atoms. The Kier molecular flexibility index (Phi) is 4.85. The largest absolute Gasteiger partial charge is 0.481 e. The number of carboxylic acid groups (broad SMARTS) is 1. The van der Waals surface area contributed by atoms with E-state index in [1.165, 1.54) is 12.8 Å². The van der Waals surface area contributed by atoms with Crippen LogP contribution in [0.15, 0.2) is 0 Å². The van der Waals surface area contributed by atoms with Crippen LogP contribution in [0.3, 0.4) is 0 Å². The number of carboxylic acids is 1. The van der Waals surface area contributed by atoms with Gasteiger partial charge in [-0.2, -0.15) is 0 Å². The van der Waals surface area contributed by atoms with E-state index in [-0.39, 0.29) is 0 Å². The van der Waals surface area contributed by atoms with E-state index in [0.717, 1.165) is 39.3 Å². The summed E-state index contributed by atoms with van der Waals surface area (Å²) in [6, 6.07) is 0. The molecule has 2 saturated heterocycles. The molecule has 110 valence electrons. The summed E-state index contributed by atoms with van der Waals surface area (Å²) in [5, 5.41) is 9.01. The number of ether oxygens (including phenoxy) is 1. The second-order valence-electron chi connectivity index (χ2n) is 6.88. The van der Waals surface area contributed by atoms with E-state index in [2.05, 4.69) is 18.7 Å². The molecule has 0 aromatic carbocycles. The van der Waals surface area contributed by atoms with Gasteiger partial charge in [-0.15, -0.1) is 0 Å². The van der Waals surface area contributed by atoms with E-state index in [4.69, 9.17) is 9.84 Å². The Morgan fingerprint density at radius 2 is 1.95 bits per heavy atom. The maximum absolute atomic E-state index is 10.9. The van der Waals surface area contributed by atoms with Crippen molar-refractivity contribution in [1.82, 2.24) is 4.90 Å². The molecule has 0 aromatic rings. The highest BCUT2D eigenvalue weighted by molar-refractivity contribution is 5.67. The molecule has 1 spiro atoms. The van der Waals surface area contributed by atoms with Crippen LogP contribution in [0.2, 0.25) is 0 Å². The molecule has 2 heterocycles. The van der Waals surface area contributed by atoms with Crippen LogP contribution in [0.4, 0.5) is 0 Å². The molecule has 1 unspecified atom stereocenters. The summed E-state index contributed by atoms with van der Waals surface area (Å²) in [5.74, 6) is 0.212. The predicted octanol–water partition coefficient (Wildman–Crippen LogP) is 2.24. The third-order valence-corrected chi connectivity index (χ3v) is 4.46. The van der Waals surface area contributed by atoms with Crippen molar-refractivity contribution in [2.24, 2.45) is 17.3 Å². The smallest absolute Gasteiger partial charge is 0.303 e. The monoisotopic (exact) mass is 269 g/mol. The fourth-order valence-corrected chi connectivity index (χ4v) is 3.65. The molecule has 0 aliphatic carbocycles. The number of likely N-dealkylation sites (tertiary alicyclic amines) is 1. The topological polar surface area (TPSA) is 49.8 Å². The van der Waals surface area contributed by atoms with Gasteiger partial charge in [0.2, 0.25) is 0 Å². The number of rotatable bonds is 6. The average molecular weight is 269 g/mol. The molecular formula is C15H27NO3. The highest BCUT2D eigenvalue weighted by Gasteiger charge is 2.44. The van der Waals surface area contributed by atoms with Gasteiger partial charge in [0.1, 0.15) is 0 Å². The van der Waals surface area contributed by atoms with Crippen LogP contribution >= 0.6 is 0 Å². The third-order valence-electron chi connectivity index (χ3n) is 4.46. The molecule has 2 aliphatic rings. The Bertz CT molecular complexity index is 303. The minimum absolute atomic E-state index is 0.301. The lowest BCUT2D eigenvalue weighted by Gasteiger charge is -2.53. The highest BCUT2D eigenvalue weighted by atomic mass is 16.5. The Morgan fingerprint density at radius 3 is 2.47 bits per heavy atom. The molecule has 0 radical (unpaired) electrons. The first-order chi connectivity index (χ1) is 8.99. The number of nitrogens with zero attached hydrogens (tertiary/aromatic N) is 1. The van der Waals surface area contributed by atoms with E-state index >= 15 is 0 Å². The summed E-state index contributed by atoms with van der Waals surface area (Å²) < 4.78 is 5.43. The van der Waals surface area contributed by atoms with Gasteiger partial charge in [0.05, 0.1) is 0 Å². The molecule has 4 nitrogen and oxygen atoms in total. The summed E-state index contributed by atoms with van der Waals surface area (Å²) in [5.41, 5.74) is 0.490. The van der Waals surface area contributed by atoms with Gasteiger partial charge in [-0.3, -0.25) is 4.79 Å². The number of aliphatic carboxylic acids is 1. The maximum atomic E-state index is 10.9. The van der Waals surface area contributed by atoms with Crippen molar-refractivity contribution in [2.75, 3.05) is 32.8 Å². The SMILES string of the molecule is CC(C)CC(CC(=O)O)CN1CC2(CCOCC2)C1. The van der Waals surface area contributed by atoms with E-state index in [1.54, 1.807) is 0 Å². The predicted molar refractivity (Wildman–Crippen MR) is 74.1 cm³/mol. The van der Waals surface area contributed by atoms with Crippen LogP contribution in [0, 0.1) is 17.3 Å². The van der Waals surface area contributed by atoms with Crippen LogP contribution in [-0.2, 0) is 9.53 Å². The Hall–Kier alpha value is -0.610. The first kappa shape index (κ1) is 14.8. The molecule has 2 fully saturated rings. The summed E-state index contributed by atoms with van der Waals surface area (Å²) in [7, 11) is 0. The van der Waals surface area contributed by atoms with Gasteiger partial charge in [0, 0.05) is 44.7 Å². The van der Waals surface area contributed by atoms with Crippen molar-refractivity contribution >= 4 is 5.97 Å². The van der Waals surface area contributed by atoms with Crippen molar-refractivity contribution in [2.45, 2.75) is 39.5 Å². The number of hydrogen-bond acceptors (Lipinski definition) is 3. The van der Waals surface area contributed by atoms with Crippen molar-refractivity contribution in [1.29, 1.82) is 0 Å². The van der Waals surface area contributed by atoms with Gasteiger partial charge in [-0.25, -0.2) is 0 Å². The zero-order chi connectivity index (χ0) is 13.9. The first-order valence-corrected chi connectivity index (χ1v) is 7.51. The molecule has 4 heteroatoms. The third kappa shape index (κ3) is 4.18. The van der Waals surface area contributed by atoms with Gasteiger partial charge < -0.3 is 14.7 Å². The summed E-state index contributed by atoms with van der Waals surface area (Å²) in [6.07, 6.45) is 3.68.